The number of aryl methyl sites for hydroxylation is 2. The monoisotopic (exact) mass is 262 g/mol. The first-order valence-electron chi connectivity index (χ1n) is 7.31. The second kappa shape index (κ2) is 4.38. The van der Waals surface area contributed by atoms with Gasteiger partial charge in [0.1, 0.15) is 0 Å². The van der Waals surface area contributed by atoms with Crippen LogP contribution in [-0.2, 0) is 6.42 Å². The number of carboxylic acid groups (broad SMARTS) is 1. The lowest BCUT2D eigenvalue weighted by molar-refractivity contribution is 0.190. The fourth-order valence-corrected chi connectivity index (χ4v) is 2.40. The zero-order chi connectivity index (χ0) is 15.9. The fraction of sp³-hybridized carbons (Fsp3) is 0.308. The van der Waals surface area contributed by atoms with Gasteiger partial charge in [-0.25, -0.2) is 4.79 Å². The minimum Gasteiger partial charge on any atom is -0.465 e. The molecule has 0 spiro atoms. The molecule has 1 atom stereocenters. The van der Waals surface area contributed by atoms with Crippen molar-refractivity contribution in [3.63, 3.8) is 0 Å². The highest BCUT2D eigenvalue weighted by Crippen LogP contribution is 2.33. The standard InChI is InChI=1S/C13H13N3O3/c1-7-14-12(16-19-7)9-2-4-10-8(6-9)3-5-11(10)15-13(17)18/h2,4,6,11,15H,3,5H2,1H3,(H,17,18)/t11-/m1/s1/i1D3. The molecule has 0 bridgehead atoms. The van der Waals surface area contributed by atoms with Crippen LogP contribution in [0, 0.1) is 6.85 Å². The van der Waals surface area contributed by atoms with E-state index in [-0.39, 0.29) is 11.9 Å². The molecule has 1 amide bonds. The quantitative estimate of drug-likeness (QED) is 0.866. The Kier molecular flexibility index (Phi) is 2.00. The molecule has 1 aromatic heterocycles. The number of rotatable bonds is 2. The largest absolute Gasteiger partial charge is 0.465 e. The maximum atomic E-state index is 10.8. The Labute approximate surface area is 113 Å². The van der Waals surface area contributed by atoms with Gasteiger partial charge in [-0.05, 0) is 30.0 Å². The van der Waals surface area contributed by atoms with Crippen molar-refractivity contribution in [2.24, 2.45) is 0 Å². The number of carbonyl (C=O) groups is 1. The summed E-state index contributed by atoms with van der Waals surface area (Å²) < 4.78 is 26.5. The summed E-state index contributed by atoms with van der Waals surface area (Å²) in [6, 6.07) is 5.16. The molecule has 19 heavy (non-hydrogen) atoms. The van der Waals surface area contributed by atoms with Gasteiger partial charge in [0.2, 0.25) is 11.7 Å². The topological polar surface area (TPSA) is 88.2 Å². The van der Waals surface area contributed by atoms with E-state index < -0.39 is 18.8 Å². The van der Waals surface area contributed by atoms with E-state index >= 15 is 0 Å². The van der Waals surface area contributed by atoms with E-state index in [1.54, 1.807) is 6.07 Å². The number of hydrogen-bond donors (Lipinski definition) is 2. The molecular weight excluding hydrogens is 246 g/mol. The minimum absolute atomic E-state index is 0.212. The summed E-state index contributed by atoms with van der Waals surface area (Å²) in [6.45, 7) is -2.43. The van der Waals surface area contributed by atoms with Crippen LogP contribution in [0.4, 0.5) is 4.79 Å². The molecule has 1 aromatic carbocycles. The number of amides is 1. The van der Waals surface area contributed by atoms with Crippen molar-refractivity contribution in [1.29, 1.82) is 0 Å². The fourth-order valence-electron chi connectivity index (χ4n) is 2.40. The van der Waals surface area contributed by atoms with Crippen molar-refractivity contribution >= 4 is 6.09 Å². The first kappa shape index (κ1) is 8.68. The third kappa shape index (κ3) is 2.16. The average molecular weight is 262 g/mol. The summed E-state index contributed by atoms with van der Waals surface area (Å²) >= 11 is 0. The van der Waals surface area contributed by atoms with Gasteiger partial charge in [-0.1, -0.05) is 17.3 Å². The van der Waals surface area contributed by atoms with Crippen LogP contribution < -0.4 is 5.32 Å². The molecule has 0 radical (unpaired) electrons. The van der Waals surface area contributed by atoms with Crippen molar-refractivity contribution in [1.82, 2.24) is 15.5 Å². The highest BCUT2D eigenvalue weighted by atomic mass is 16.5. The lowest BCUT2D eigenvalue weighted by atomic mass is 10.0. The molecule has 1 aliphatic rings. The van der Waals surface area contributed by atoms with Crippen molar-refractivity contribution in [3.05, 3.63) is 35.2 Å². The summed E-state index contributed by atoms with van der Waals surface area (Å²) in [7, 11) is 0. The average Bonchev–Trinajstić information content (AvgIpc) is 3.04. The molecule has 1 aliphatic carbocycles. The first-order chi connectivity index (χ1) is 10.3. The van der Waals surface area contributed by atoms with Crippen LogP contribution in [0.15, 0.2) is 22.7 Å². The number of nitrogens with zero attached hydrogens (tertiary/aromatic N) is 2. The zero-order valence-corrected chi connectivity index (χ0v) is 9.88. The van der Waals surface area contributed by atoms with E-state index in [1.807, 2.05) is 12.1 Å². The zero-order valence-electron chi connectivity index (χ0n) is 12.9. The third-order valence-corrected chi connectivity index (χ3v) is 3.20. The van der Waals surface area contributed by atoms with Crippen molar-refractivity contribution < 1.29 is 18.5 Å². The Hall–Kier alpha value is -2.37. The van der Waals surface area contributed by atoms with Gasteiger partial charge in [0.25, 0.3) is 0 Å². The number of nitrogens with one attached hydrogen (secondary N) is 1. The molecule has 2 aromatic rings. The van der Waals surface area contributed by atoms with Gasteiger partial charge >= 0.3 is 6.09 Å². The summed E-state index contributed by atoms with van der Waals surface area (Å²) in [5.74, 6) is -0.183. The van der Waals surface area contributed by atoms with Crippen molar-refractivity contribution in [2.45, 2.75) is 25.7 Å². The van der Waals surface area contributed by atoms with Gasteiger partial charge < -0.3 is 14.9 Å². The van der Waals surface area contributed by atoms with E-state index in [0.717, 1.165) is 17.5 Å². The lowest BCUT2D eigenvalue weighted by Gasteiger charge is -2.11. The van der Waals surface area contributed by atoms with Crippen LogP contribution in [0.5, 0.6) is 0 Å². The summed E-state index contributed by atoms with van der Waals surface area (Å²) in [4.78, 5) is 14.6. The van der Waals surface area contributed by atoms with Crippen LogP contribution in [0.2, 0.25) is 0 Å². The lowest BCUT2D eigenvalue weighted by Crippen LogP contribution is -2.24. The molecule has 0 aliphatic heterocycles. The van der Waals surface area contributed by atoms with E-state index in [4.69, 9.17) is 13.7 Å². The predicted octanol–water partition coefficient (Wildman–Crippen LogP) is 2.30. The Morgan fingerprint density at radius 2 is 2.53 bits per heavy atom. The number of hydrogen-bond acceptors (Lipinski definition) is 4. The van der Waals surface area contributed by atoms with Gasteiger partial charge in [-0.3, -0.25) is 0 Å². The molecule has 6 heteroatoms. The molecule has 6 nitrogen and oxygen atoms in total. The number of fused-ring (bicyclic) bond motifs is 1. The molecule has 0 saturated heterocycles. The Morgan fingerprint density at radius 3 is 3.26 bits per heavy atom. The summed E-state index contributed by atoms with van der Waals surface area (Å²) in [5.41, 5.74) is 2.57. The van der Waals surface area contributed by atoms with Crippen molar-refractivity contribution in [2.75, 3.05) is 0 Å². The van der Waals surface area contributed by atoms with E-state index in [9.17, 15) is 4.79 Å². The number of benzene rings is 1. The smallest absolute Gasteiger partial charge is 0.405 e. The molecule has 2 N–H and O–H groups in total. The van der Waals surface area contributed by atoms with Gasteiger partial charge in [0.05, 0.1) is 6.04 Å². The third-order valence-electron chi connectivity index (χ3n) is 3.20. The van der Waals surface area contributed by atoms with Crippen LogP contribution in [0.1, 0.15) is 33.6 Å². The van der Waals surface area contributed by atoms with Gasteiger partial charge in [0.15, 0.2) is 0 Å². The minimum atomic E-state index is -2.43. The Balaban J connectivity index is 1.89. The molecule has 1 heterocycles. The molecule has 98 valence electrons. The number of aromatic nitrogens is 2. The Morgan fingerprint density at radius 1 is 1.63 bits per heavy atom. The van der Waals surface area contributed by atoms with E-state index in [2.05, 4.69) is 15.5 Å². The normalized spacial score (nSPS) is 20.2. The van der Waals surface area contributed by atoms with E-state index in [1.165, 1.54) is 0 Å². The SMILES string of the molecule is [2H]C([2H])([2H])c1nc(-c2ccc3c(c2)CC[C@H]3NC(=O)O)no1. The van der Waals surface area contributed by atoms with Crippen molar-refractivity contribution in [3.8, 4) is 11.4 Å². The Bertz CT molecular complexity index is 727. The van der Waals surface area contributed by atoms with Gasteiger partial charge in [-0.2, -0.15) is 4.98 Å². The molecular formula is C13H13N3O3. The molecule has 0 unspecified atom stereocenters. The van der Waals surface area contributed by atoms with Crippen LogP contribution >= 0.6 is 0 Å². The highest BCUT2D eigenvalue weighted by molar-refractivity contribution is 5.66. The van der Waals surface area contributed by atoms with E-state index in [0.29, 0.717) is 12.0 Å². The second-order valence-electron chi connectivity index (χ2n) is 4.38. The molecule has 0 saturated carbocycles. The maximum Gasteiger partial charge on any atom is 0.405 e. The predicted molar refractivity (Wildman–Crippen MR) is 66.7 cm³/mol. The first-order valence-corrected chi connectivity index (χ1v) is 5.81. The molecule has 0 fully saturated rings. The summed E-state index contributed by atoms with van der Waals surface area (Å²) in [5, 5.41) is 15.0. The highest BCUT2D eigenvalue weighted by Gasteiger charge is 2.24. The van der Waals surface area contributed by atoms with Gasteiger partial charge in [0, 0.05) is 16.5 Å². The van der Waals surface area contributed by atoms with Crippen LogP contribution in [0.25, 0.3) is 11.4 Å². The maximum absolute atomic E-state index is 10.8. The second-order valence-corrected chi connectivity index (χ2v) is 4.38. The summed E-state index contributed by atoms with van der Waals surface area (Å²) in [6.07, 6.45) is 0.373. The van der Waals surface area contributed by atoms with Crippen LogP contribution in [-0.4, -0.2) is 21.3 Å². The van der Waals surface area contributed by atoms with Crippen LogP contribution in [0.3, 0.4) is 0 Å². The molecule has 3 rings (SSSR count). The van der Waals surface area contributed by atoms with Gasteiger partial charge in [-0.15, -0.1) is 0 Å².